The fraction of sp³-hybridized carbons (Fsp3) is 0.176. The molecule has 0 radical (unpaired) electrons. The second-order valence-electron chi connectivity index (χ2n) is 5.87. The molecule has 1 amide bonds. The lowest BCUT2D eigenvalue weighted by atomic mass is 10.2. The first-order chi connectivity index (χ1) is 14.0. The lowest BCUT2D eigenvalue weighted by Crippen LogP contribution is -2.14. The summed E-state index contributed by atoms with van der Waals surface area (Å²) in [7, 11) is -3.54. The summed E-state index contributed by atoms with van der Waals surface area (Å²) in [5.74, 6) is -0.727. The first-order valence-corrected chi connectivity index (χ1v) is 9.61. The second kappa shape index (κ2) is 9.19. The van der Waals surface area contributed by atoms with Gasteiger partial charge in [-0.15, -0.1) is 5.11 Å². The van der Waals surface area contributed by atoms with E-state index in [2.05, 4.69) is 15.5 Å². The number of carbonyl (C=O) groups excluding carboxylic acids is 2. The van der Waals surface area contributed by atoms with E-state index in [1.807, 2.05) is 0 Å². The molecular formula is C17H16N4O8S. The Hall–Kier alpha value is -3.71. The Morgan fingerprint density at radius 2 is 1.93 bits per heavy atom. The predicted octanol–water partition coefficient (Wildman–Crippen LogP) is 3.18. The molecule has 0 aliphatic heterocycles. The molecule has 0 saturated carbocycles. The van der Waals surface area contributed by atoms with E-state index in [9.17, 15) is 32.7 Å². The number of hydrogen-bond acceptors (Lipinski definition) is 9. The van der Waals surface area contributed by atoms with Crippen LogP contribution >= 0.6 is 0 Å². The summed E-state index contributed by atoms with van der Waals surface area (Å²) in [4.78, 5) is 32.1. The molecule has 0 bridgehead atoms. The van der Waals surface area contributed by atoms with Gasteiger partial charge in [0.2, 0.25) is 5.91 Å². The van der Waals surface area contributed by atoms with Gasteiger partial charge in [0.25, 0.3) is 5.69 Å². The Labute approximate surface area is 170 Å². The smallest absolute Gasteiger partial charge is 0.301 e. The van der Waals surface area contributed by atoms with Crippen LogP contribution in [0, 0.1) is 10.1 Å². The molecule has 0 heterocycles. The SMILES string of the molecule is COc1cccc(NC(=O)CC(C)=O)c1N=Nc1ccc([N+](=O)[O-])c(S(=O)(=O)O)c1. The maximum atomic E-state index is 11.9. The average Bonchev–Trinajstić information content (AvgIpc) is 2.65. The van der Waals surface area contributed by atoms with Crippen molar-refractivity contribution in [2.75, 3.05) is 12.4 Å². The van der Waals surface area contributed by atoms with Gasteiger partial charge in [0.1, 0.15) is 11.5 Å². The Morgan fingerprint density at radius 3 is 2.50 bits per heavy atom. The highest BCUT2D eigenvalue weighted by atomic mass is 32.2. The quantitative estimate of drug-likeness (QED) is 0.208. The highest BCUT2D eigenvalue weighted by Gasteiger charge is 2.24. The first kappa shape index (κ1) is 22.6. The van der Waals surface area contributed by atoms with Crippen molar-refractivity contribution >= 4 is 44.6 Å². The van der Waals surface area contributed by atoms with Crippen molar-refractivity contribution in [3.05, 3.63) is 46.5 Å². The number of methoxy groups -OCH3 is 1. The van der Waals surface area contributed by atoms with Gasteiger partial charge in [-0.3, -0.25) is 24.3 Å². The third-order valence-electron chi connectivity index (χ3n) is 3.59. The number of nitro groups is 1. The normalized spacial score (nSPS) is 11.3. The number of ether oxygens (including phenoxy) is 1. The van der Waals surface area contributed by atoms with Gasteiger partial charge in [0.15, 0.2) is 10.6 Å². The monoisotopic (exact) mass is 436 g/mol. The van der Waals surface area contributed by atoms with E-state index >= 15 is 0 Å². The van der Waals surface area contributed by atoms with Crippen LogP contribution in [-0.2, 0) is 19.7 Å². The Morgan fingerprint density at radius 1 is 1.23 bits per heavy atom. The third kappa shape index (κ3) is 5.65. The summed E-state index contributed by atoms with van der Waals surface area (Å²) in [6, 6.07) is 7.32. The highest BCUT2D eigenvalue weighted by Crippen LogP contribution is 2.37. The topological polar surface area (TPSA) is 178 Å². The molecule has 2 aromatic rings. The number of Topliss-reactive ketones (excluding diaryl/α,β-unsaturated/α-hetero) is 1. The zero-order valence-electron chi connectivity index (χ0n) is 15.7. The van der Waals surface area contributed by atoms with Crippen LogP contribution in [0.4, 0.5) is 22.7 Å². The van der Waals surface area contributed by atoms with E-state index in [0.717, 1.165) is 18.2 Å². The van der Waals surface area contributed by atoms with Gasteiger partial charge in [0.05, 0.1) is 29.8 Å². The van der Waals surface area contributed by atoms with E-state index in [0.29, 0.717) is 0 Å². The Bertz CT molecular complexity index is 1140. The standard InChI is InChI=1S/C17H16N4O8S/c1-10(22)8-16(23)18-12-4-3-5-14(29-2)17(12)20-19-11-6-7-13(21(24)25)15(9-11)30(26,27)28/h3-7,9H,8H2,1-2H3,(H,18,23)(H,26,27,28). The van der Waals surface area contributed by atoms with Crippen molar-refractivity contribution in [2.24, 2.45) is 10.2 Å². The fourth-order valence-corrected chi connectivity index (χ4v) is 3.02. The number of azo groups is 1. The van der Waals surface area contributed by atoms with E-state index in [1.54, 1.807) is 6.07 Å². The number of benzene rings is 2. The molecule has 12 nitrogen and oxygen atoms in total. The number of nitrogens with zero attached hydrogens (tertiary/aromatic N) is 3. The minimum absolute atomic E-state index is 0.0589. The number of amides is 1. The Kier molecular flexibility index (Phi) is 6.92. The van der Waals surface area contributed by atoms with Crippen molar-refractivity contribution in [3.8, 4) is 5.75 Å². The van der Waals surface area contributed by atoms with E-state index in [4.69, 9.17) is 4.74 Å². The summed E-state index contributed by atoms with van der Waals surface area (Å²) >= 11 is 0. The molecule has 0 saturated heterocycles. The second-order valence-corrected chi connectivity index (χ2v) is 7.26. The molecule has 0 aromatic heterocycles. The molecule has 0 atom stereocenters. The van der Waals surface area contributed by atoms with Crippen LogP contribution in [0.15, 0.2) is 51.5 Å². The lowest BCUT2D eigenvalue weighted by Gasteiger charge is -2.10. The molecule has 2 rings (SSSR count). The third-order valence-corrected chi connectivity index (χ3v) is 4.47. The number of rotatable bonds is 8. The molecule has 13 heteroatoms. The average molecular weight is 436 g/mol. The van der Waals surface area contributed by atoms with Crippen LogP contribution in [0.5, 0.6) is 5.75 Å². The van der Waals surface area contributed by atoms with Crippen LogP contribution in [0.2, 0.25) is 0 Å². The summed E-state index contributed by atoms with van der Waals surface area (Å²) in [6.45, 7) is 1.26. The largest absolute Gasteiger partial charge is 0.494 e. The van der Waals surface area contributed by atoms with Gasteiger partial charge in [-0.1, -0.05) is 6.07 Å². The van der Waals surface area contributed by atoms with Crippen molar-refractivity contribution in [2.45, 2.75) is 18.2 Å². The summed E-state index contributed by atoms with van der Waals surface area (Å²) in [6.07, 6.45) is -0.353. The van der Waals surface area contributed by atoms with Crippen molar-refractivity contribution in [3.63, 3.8) is 0 Å². The number of hydrogen-bond donors (Lipinski definition) is 2. The number of nitro benzene ring substituents is 1. The molecule has 0 aliphatic rings. The van der Waals surface area contributed by atoms with E-state index in [1.165, 1.54) is 26.2 Å². The lowest BCUT2D eigenvalue weighted by molar-refractivity contribution is -0.387. The van der Waals surface area contributed by atoms with E-state index < -0.39 is 31.5 Å². The summed E-state index contributed by atoms with van der Waals surface area (Å²) in [5.41, 5.74) is -0.726. The van der Waals surface area contributed by atoms with Gasteiger partial charge < -0.3 is 10.1 Å². The van der Waals surface area contributed by atoms with E-state index in [-0.39, 0.29) is 35.0 Å². The van der Waals surface area contributed by atoms with Crippen LogP contribution < -0.4 is 10.1 Å². The number of anilines is 1. The van der Waals surface area contributed by atoms with Gasteiger partial charge in [-0.25, -0.2) is 0 Å². The van der Waals surface area contributed by atoms with Crippen molar-refractivity contribution < 1.29 is 32.2 Å². The summed E-state index contributed by atoms with van der Waals surface area (Å²) < 4.78 is 37.3. The molecule has 30 heavy (non-hydrogen) atoms. The number of ketones is 1. The zero-order valence-corrected chi connectivity index (χ0v) is 16.5. The van der Waals surface area contributed by atoms with Crippen LogP contribution in [0.1, 0.15) is 13.3 Å². The van der Waals surface area contributed by atoms with Crippen LogP contribution in [0.3, 0.4) is 0 Å². The molecule has 2 N–H and O–H groups in total. The molecule has 0 aliphatic carbocycles. The highest BCUT2D eigenvalue weighted by molar-refractivity contribution is 7.86. The summed E-state index contributed by atoms with van der Waals surface area (Å²) in [5, 5.41) is 21.2. The van der Waals surface area contributed by atoms with Crippen LogP contribution in [-0.4, -0.2) is 36.7 Å². The Balaban J connectivity index is 2.48. The molecule has 0 unspecified atom stereocenters. The minimum Gasteiger partial charge on any atom is -0.494 e. The van der Waals surface area contributed by atoms with Gasteiger partial charge >= 0.3 is 10.1 Å². The number of nitrogens with one attached hydrogen (secondary N) is 1. The molecule has 158 valence electrons. The fourth-order valence-electron chi connectivity index (χ4n) is 2.34. The molecule has 0 spiro atoms. The minimum atomic E-state index is -4.89. The van der Waals surface area contributed by atoms with Crippen molar-refractivity contribution in [1.82, 2.24) is 0 Å². The van der Waals surface area contributed by atoms with Gasteiger partial charge in [-0.2, -0.15) is 13.5 Å². The maximum absolute atomic E-state index is 11.9. The molecule has 2 aromatic carbocycles. The predicted molar refractivity (Wildman–Crippen MR) is 104 cm³/mol. The number of carbonyl (C=O) groups is 2. The maximum Gasteiger partial charge on any atom is 0.301 e. The van der Waals surface area contributed by atoms with Gasteiger partial charge in [0, 0.05) is 6.07 Å². The molecule has 0 fully saturated rings. The van der Waals surface area contributed by atoms with Gasteiger partial charge in [-0.05, 0) is 31.2 Å². The van der Waals surface area contributed by atoms with Crippen molar-refractivity contribution in [1.29, 1.82) is 0 Å². The molecular weight excluding hydrogens is 420 g/mol. The van der Waals surface area contributed by atoms with Crippen LogP contribution in [0.25, 0.3) is 0 Å². The first-order valence-electron chi connectivity index (χ1n) is 8.17. The zero-order chi connectivity index (χ0) is 22.5.